The van der Waals surface area contributed by atoms with Crippen LogP contribution in [0.15, 0.2) is 24.3 Å². The smallest absolute Gasteiger partial charge is 0.120 e. The van der Waals surface area contributed by atoms with Crippen molar-refractivity contribution < 1.29 is 4.79 Å². The monoisotopic (exact) mass is 176 g/mol. The van der Waals surface area contributed by atoms with Crippen LogP contribution in [0, 0.1) is 0 Å². The zero-order valence-corrected chi connectivity index (χ0v) is 8.12. The first-order valence-electron chi connectivity index (χ1n) is 4.89. The van der Waals surface area contributed by atoms with Crippen LogP contribution < -0.4 is 0 Å². The van der Waals surface area contributed by atoms with Crippen molar-refractivity contribution in [3.8, 4) is 0 Å². The van der Waals surface area contributed by atoms with Gasteiger partial charge in [0, 0.05) is 6.42 Å². The van der Waals surface area contributed by atoms with Crippen LogP contribution in [-0.4, -0.2) is 6.29 Å². The van der Waals surface area contributed by atoms with Crippen molar-refractivity contribution in [1.82, 2.24) is 0 Å². The van der Waals surface area contributed by atoms with Gasteiger partial charge in [0.15, 0.2) is 0 Å². The summed E-state index contributed by atoms with van der Waals surface area (Å²) in [5.41, 5.74) is 2.73. The van der Waals surface area contributed by atoms with Gasteiger partial charge >= 0.3 is 0 Å². The maximum absolute atomic E-state index is 10.2. The number of benzene rings is 1. The van der Waals surface area contributed by atoms with Gasteiger partial charge in [-0.3, -0.25) is 0 Å². The van der Waals surface area contributed by atoms with Crippen molar-refractivity contribution in [3.05, 3.63) is 35.4 Å². The van der Waals surface area contributed by atoms with E-state index >= 15 is 0 Å². The second-order valence-electron chi connectivity index (χ2n) is 3.22. The second kappa shape index (κ2) is 5.52. The molecule has 0 N–H and O–H groups in total. The first-order valence-corrected chi connectivity index (χ1v) is 4.89. The van der Waals surface area contributed by atoms with E-state index in [4.69, 9.17) is 0 Å². The van der Waals surface area contributed by atoms with Gasteiger partial charge in [-0.2, -0.15) is 0 Å². The number of carbonyl (C=O) groups excluding carboxylic acids is 1. The van der Waals surface area contributed by atoms with Crippen LogP contribution in [0.3, 0.4) is 0 Å². The molecule has 0 saturated heterocycles. The third kappa shape index (κ3) is 3.02. The van der Waals surface area contributed by atoms with Crippen molar-refractivity contribution in [2.75, 3.05) is 0 Å². The van der Waals surface area contributed by atoms with E-state index in [0.717, 1.165) is 25.5 Å². The van der Waals surface area contributed by atoms with Crippen molar-refractivity contribution in [2.45, 2.75) is 32.6 Å². The molecule has 1 heteroatoms. The third-order valence-corrected chi connectivity index (χ3v) is 2.17. The zero-order chi connectivity index (χ0) is 9.52. The van der Waals surface area contributed by atoms with Crippen molar-refractivity contribution in [3.63, 3.8) is 0 Å². The number of hydrogen-bond acceptors (Lipinski definition) is 1. The van der Waals surface area contributed by atoms with Gasteiger partial charge in [-0.25, -0.2) is 0 Å². The van der Waals surface area contributed by atoms with E-state index in [0.29, 0.717) is 6.42 Å². The highest BCUT2D eigenvalue weighted by Crippen LogP contribution is 2.12. The molecule has 13 heavy (non-hydrogen) atoms. The molecule has 0 bridgehead atoms. The lowest BCUT2D eigenvalue weighted by atomic mass is 10.00. The molecule has 0 aliphatic rings. The van der Waals surface area contributed by atoms with Crippen molar-refractivity contribution >= 4 is 6.29 Å². The lowest BCUT2D eigenvalue weighted by Crippen LogP contribution is -1.94. The highest BCUT2D eigenvalue weighted by Gasteiger charge is 1.99. The Morgan fingerprint density at radius 3 is 2.31 bits per heavy atom. The van der Waals surface area contributed by atoms with Crippen LogP contribution in [0.4, 0.5) is 0 Å². The molecule has 0 aliphatic carbocycles. The van der Waals surface area contributed by atoms with E-state index in [1.807, 2.05) is 6.07 Å². The van der Waals surface area contributed by atoms with Crippen molar-refractivity contribution in [2.24, 2.45) is 0 Å². The molecular weight excluding hydrogens is 160 g/mol. The molecule has 0 unspecified atom stereocenters. The fraction of sp³-hybridized carbons (Fsp3) is 0.417. The summed E-state index contributed by atoms with van der Waals surface area (Å²) in [5.74, 6) is 0. The second-order valence-corrected chi connectivity index (χ2v) is 3.22. The molecule has 0 saturated carbocycles. The van der Waals surface area contributed by atoms with E-state index in [1.165, 1.54) is 11.1 Å². The number of aryl methyl sites for hydroxylation is 2. The Labute approximate surface area is 79.8 Å². The predicted molar refractivity (Wildman–Crippen MR) is 54.8 cm³/mol. The Balaban J connectivity index is 2.71. The molecule has 0 spiro atoms. The Kier molecular flexibility index (Phi) is 4.24. The predicted octanol–water partition coefficient (Wildman–Crippen LogP) is 2.77. The standard InChI is InChI=1S/C12H16O/c1-2-6-11-7-3-4-8-12(11)9-5-10-13/h3-4,7-8,10H,2,5-6,9H2,1H3. The summed E-state index contributed by atoms with van der Waals surface area (Å²) < 4.78 is 0. The van der Waals surface area contributed by atoms with Gasteiger partial charge < -0.3 is 4.79 Å². The molecule has 1 aromatic rings. The third-order valence-electron chi connectivity index (χ3n) is 2.17. The van der Waals surface area contributed by atoms with E-state index in [1.54, 1.807) is 0 Å². The molecule has 0 heterocycles. The Bertz CT molecular complexity index is 266. The molecule has 0 amide bonds. The molecule has 0 fully saturated rings. The molecule has 0 radical (unpaired) electrons. The highest BCUT2D eigenvalue weighted by atomic mass is 16.1. The summed E-state index contributed by atoms with van der Waals surface area (Å²) in [5, 5.41) is 0. The molecule has 1 rings (SSSR count). The number of aldehydes is 1. The topological polar surface area (TPSA) is 17.1 Å². The number of carbonyl (C=O) groups is 1. The summed E-state index contributed by atoms with van der Waals surface area (Å²) in [6.07, 6.45) is 4.80. The minimum atomic E-state index is 0.640. The molecule has 0 aromatic heterocycles. The first kappa shape index (κ1) is 9.97. The van der Waals surface area contributed by atoms with Crippen LogP contribution in [0.5, 0.6) is 0 Å². The van der Waals surface area contributed by atoms with Crippen LogP contribution in [-0.2, 0) is 17.6 Å². The lowest BCUT2D eigenvalue weighted by molar-refractivity contribution is -0.107. The van der Waals surface area contributed by atoms with E-state index < -0.39 is 0 Å². The number of hydrogen-bond donors (Lipinski definition) is 0. The fourth-order valence-corrected chi connectivity index (χ4v) is 1.53. The number of rotatable bonds is 5. The van der Waals surface area contributed by atoms with Gasteiger partial charge in [-0.05, 0) is 24.0 Å². The Morgan fingerprint density at radius 2 is 1.77 bits per heavy atom. The van der Waals surface area contributed by atoms with Gasteiger partial charge in [-0.15, -0.1) is 0 Å². The Hall–Kier alpha value is -1.11. The van der Waals surface area contributed by atoms with Crippen LogP contribution in [0.1, 0.15) is 30.9 Å². The molecule has 0 atom stereocenters. The van der Waals surface area contributed by atoms with E-state index in [2.05, 4.69) is 25.1 Å². The van der Waals surface area contributed by atoms with Gasteiger partial charge in [0.25, 0.3) is 0 Å². The minimum Gasteiger partial charge on any atom is -0.303 e. The van der Waals surface area contributed by atoms with Crippen LogP contribution in [0.25, 0.3) is 0 Å². The van der Waals surface area contributed by atoms with Gasteiger partial charge in [0.1, 0.15) is 6.29 Å². The molecule has 70 valence electrons. The first-order chi connectivity index (χ1) is 6.38. The zero-order valence-electron chi connectivity index (χ0n) is 8.12. The van der Waals surface area contributed by atoms with Crippen molar-refractivity contribution in [1.29, 1.82) is 0 Å². The molecule has 1 aromatic carbocycles. The summed E-state index contributed by atoms with van der Waals surface area (Å²) in [6.45, 7) is 2.18. The van der Waals surface area contributed by atoms with E-state index in [9.17, 15) is 4.79 Å². The molecular formula is C12H16O. The quantitative estimate of drug-likeness (QED) is 0.630. The van der Waals surface area contributed by atoms with Gasteiger partial charge in [0.2, 0.25) is 0 Å². The largest absolute Gasteiger partial charge is 0.303 e. The van der Waals surface area contributed by atoms with Crippen LogP contribution >= 0.6 is 0 Å². The highest BCUT2D eigenvalue weighted by molar-refractivity contribution is 5.50. The maximum Gasteiger partial charge on any atom is 0.120 e. The fourth-order valence-electron chi connectivity index (χ4n) is 1.53. The summed E-state index contributed by atoms with van der Waals surface area (Å²) in [4.78, 5) is 10.2. The molecule has 1 nitrogen and oxygen atoms in total. The minimum absolute atomic E-state index is 0.640. The normalized spacial score (nSPS) is 9.92. The van der Waals surface area contributed by atoms with E-state index in [-0.39, 0.29) is 0 Å². The average molecular weight is 176 g/mol. The SMILES string of the molecule is CCCc1ccccc1CCC=O. The average Bonchev–Trinajstić information content (AvgIpc) is 2.17. The summed E-state index contributed by atoms with van der Waals surface area (Å²) >= 11 is 0. The lowest BCUT2D eigenvalue weighted by Gasteiger charge is -2.05. The maximum atomic E-state index is 10.2. The van der Waals surface area contributed by atoms with Gasteiger partial charge in [0.05, 0.1) is 0 Å². The molecule has 0 aliphatic heterocycles. The van der Waals surface area contributed by atoms with Gasteiger partial charge in [-0.1, -0.05) is 37.6 Å². The summed E-state index contributed by atoms with van der Waals surface area (Å²) in [6, 6.07) is 8.38. The van der Waals surface area contributed by atoms with Crippen LogP contribution in [0.2, 0.25) is 0 Å². The summed E-state index contributed by atoms with van der Waals surface area (Å²) in [7, 11) is 0. The Morgan fingerprint density at radius 1 is 1.15 bits per heavy atom.